The van der Waals surface area contributed by atoms with Crippen LogP contribution in [0.5, 0.6) is 0 Å². The molecular weight excluding hydrogens is 431 g/mol. The van der Waals surface area contributed by atoms with Crippen molar-refractivity contribution in [1.29, 1.82) is 0 Å². The number of anilines is 1. The SMILES string of the molecule is Cc1c(F)c(F)c(Cl)c(C(=O)NC2CCC(CNc3cnc4cccnn34)CC2)c1F. The van der Waals surface area contributed by atoms with Crippen LogP contribution in [0.2, 0.25) is 5.02 Å². The van der Waals surface area contributed by atoms with Gasteiger partial charge < -0.3 is 10.6 Å². The van der Waals surface area contributed by atoms with Gasteiger partial charge in [-0.15, -0.1) is 0 Å². The molecule has 3 aromatic rings. The summed E-state index contributed by atoms with van der Waals surface area (Å²) in [6, 6.07) is 3.50. The molecule has 0 aliphatic heterocycles. The Kier molecular flexibility index (Phi) is 6.04. The molecule has 1 aliphatic rings. The molecule has 0 radical (unpaired) electrons. The summed E-state index contributed by atoms with van der Waals surface area (Å²) in [6.45, 7) is 1.80. The normalized spacial score (nSPS) is 18.9. The maximum atomic E-state index is 14.3. The fraction of sp³-hybridized carbons (Fsp3) is 0.381. The summed E-state index contributed by atoms with van der Waals surface area (Å²) in [5.41, 5.74) is -0.458. The number of aromatic nitrogens is 3. The minimum atomic E-state index is -1.41. The quantitative estimate of drug-likeness (QED) is 0.442. The van der Waals surface area contributed by atoms with Crippen molar-refractivity contribution in [3.8, 4) is 0 Å². The number of imidazole rings is 1. The number of nitrogens with zero attached hydrogens (tertiary/aromatic N) is 3. The van der Waals surface area contributed by atoms with Crippen molar-refractivity contribution in [1.82, 2.24) is 19.9 Å². The van der Waals surface area contributed by atoms with Crippen molar-refractivity contribution < 1.29 is 18.0 Å². The van der Waals surface area contributed by atoms with E-state index < -0.39 is 39.5 Å². The van der Waals surface area contributed by atoms with Gasteiger partial charge in [-0.05, 0) is 50.7 Å². The monoisotopic (exact) mass is 451 g/mol. The van der Waals surface area contributed by atoms with E-state index in [9.17, 15) is 18.0 Å². The summed E-state index contributed by atoms with van der Waals surface area (Å²) in [7, 11) is 0. The van der Waals surface area contributed by atoms with E-state index >= 15 is 0 Å². The third-order valence-electron chi connectivity index (χ3n) is 5.74. The van der Waals surface area contributed by atoms with Crippen LogP contribution in [-0.4, -0.2) is 33.1 Å². The van der Waals surface area contributed by atoms with Crippen LogP contribution in [0.25, 0.3) is 5.65 Å². The third kappa shape index (κ3) is 4.19. The second kappa shape index (κ2) is 8.74. The first-order valence-electron chi connectivity index (χ1n) is 10.0. The molecule has 0 unspecified atom stereocenters. The van der Waals surface area contributed by atoms with E-state index in [1.165, 1.54) is 0 Å². The number of carbonyl (C=O) groups is 1. The second-order valence-electron chi connectivity index (χ2n) is 7.77. The Balaban J connectivity index is 1.33. The van der Waals surface area contributed by atoms with Crippen LogP contribution in [0.1, 0.15) is 41.6 Å². The maximum Gasteiger partial charge on any atom is 0.256 e. The van der Waals surface area contributed by atoms with Gasteiger partial charge in [0.1, 0.15) is 11.6 Å². The van der Waals surface area contributed by atoms with Crippen molar-refractivity contribution in [2.75, 3.05) is 11.9 Å². The van der Waals surface area contributed by atoms with E-state index in [2.05, 4.69) is 20.7 Å². The molecule has 2 aromatic heterocycles. The van der Waals surface area contributed by atoms with Gasteiger partial charge in [0, 0.05) is 24.3 Å². The molecule has 164 valence electrons. The Morgan fingerprint density at radius 3 is 2.68 bits per heavy atom. The van der Waals surface area contributed by atoms with Crippen molar-refractivity contribution in [3.05, 3.63) is 58.1 Å². The number of halogens is 4. The summed E-state index contributed by atoms with van der Waals surface area (Å²) in [6.07, 6.45) is 6.48. The highest BCUT2D eigenvalue weighted by molar-refractivity contribution is 6.34. The molecule has 0 saturated heterocycles. The average Bonchev–Trinajstić information content (AvgIpc) is 3.19. The highest BCUT2D eigenvalue weighted by Crippen LogP contribution is 2.30. The van der Waals surface area contributed by atoms with Gasteiger partial charge in [-0.1, -0.05) is 11.6 Å². The van der Waals surface area contributed by atoms with Crippen LogP contribution >= 0.6 is 11.6 Å². The van der Waals surface area contributed by atoms with Crippen LogP contribution in [0, 0.1) is 30.3 Å². The number of carbonyl (C=O) groups excluding carboxylic acids is 1. The Morgan fingerprint density at radius 1 is 1.19 bits per heavy atom. The molecule has 10 heteroatoms. The summed E-state index contributed by atoms with van der Waals surface area (Å²) in [4.78, 5) is 16.8. The number of hydrogen-bond acceptors (Lipinski definition) is 4. The van der Waals surface area contributed by atoms with E-state index in [1.807, 2.05) is 12.1 Å². The van der Waals surface area contributed by atoms with Crippen LogP contribution in [0.4, 0.5) is 19.0 Å². The molecule has 0 spiro atoms. The van der Waals surface area contributed by atoms with Crippen molar-refractivity contribution >= 4 is 29.0 Å². The van der Waals surface area contributed by atoms with Crippen LogP contribution < -0.4 is 10.6 Å². The summed E-state index contributed by atoms with van der Waals surface area (Å²) >= 11 is 5.71. The summed E-state index contributed by atoms with van der Waals surface area (Å²) < 4.78 is 43.5. The number of amides is 1. The van der Waals surface area contributed by atoms with Crippen LogP contribution in [0.3, 0.4) is 0 Å². The predicted octanol–water partition coefficient (Wildman–Crippen LogP) is 4.51. The Hall–Kier alpha value is -2.81. The number of fused-ring (bicyclic) bond motifs is 1. The molecule has 6 nitrogen and oxygen atoms in total. The molecule has 2 N–H and O–H groups in total. The fourth-order valence-electron chi connectivity index (χ4n) is 3.92. The molecule has 0 bridgehead atoms. The second-order valence-corrected chi connectivity index (χ2v) is 8.14. The largest absolute Gasteiger partial charge is 0.368 e. The summed E-state index contributed by atoms with van der Waals surface area (Å²) in [5, 5.41) is 9.49. The number of nitrogens with one attached hydrogen (secondary N) is 2. The van der Waals surface area contributed by atoms with Crippen LogP contribution in [-0.2, 0) is 0 Å². The zero-order valence-corrected chi connectivity index (χ0v) is 17.5. The van der Waals surface area contributed by atoms with Gasteiger partial charge in [0.05, 0.1) is 16.8 Å². The lowest BCUT2D eigenvalue weighted by molar-refractivity contribution is 0.0918. The van der Waals surface area contributed by atoms with E-state index in [0.29, 0.717) is 18.8 Å². The zero-order chi connectivity index (χ0) is 22.1. The highest BCUT2D eigenvalue weighted by atomic mass is 35.5. The van der Waals surface area contributed by atoms with Crippen LogP contribution in [0.15, 0.2) is 24.5 Å². The topological polar surface area (TPSA) is 71.3 Å². The smallest absolute Gasteiger partial charge is 0.256 e. The molecule has 31 heavy (non-hydrogen) atoms. The van der Waals surface area contributed by atoms with E-state index in [0.717, 1.165) is 37.8 Å². The van der Waals surface area contributed by atoms with Gasteiger partial charge in [0.25, 0.3) is 5.91 Å². The average molecular weight is 452 g/mol. The van der Waals surface area contributed by atoms with E-state index in [1.54, 1.807) is 16.9 Å². The highest BCUT2D eigenvalue weighted by Gasteiger charge is 2.29. The summed E-state index contributed by atoms with van der Waals surface area (Å²) in [5.74, 6) is -3.57. The lowest BCUT2D eigenvalue weighted by Crippen LogP contribution is -2.39. The molecule has 0 atom stereocenters. The standard InChI is InChI=1S/C21H21ClF3N5O/c1-11-18(23)16(17(22)20(25)19(11)24)21(31)29-13-6-4-12(5-7-13)9-26-15-10-27-14-3-2-8-28-30(14)15/h2-3,8,10,12-13,26H,4-7,9H2,1H3,(H,29,31). The molecule has 2 heterocycles. The van der Waals surface area contributed by atoms with Gasteiger partial charge in [0.15, 0.2) is 17.3 Å². The molecule has 1 fully saturated rings. The number of rotatable bonds is 5. The van der Waals surface area contributed by atoms with Gasteiger partial charge >= 0.3 is 0 Å². The van der Waals surface area contributed by atoms with E-state index in [-0.39, 0.29) is 6.04 Å². The first-order chi connectivity index (χ1) is 14.9. The Bertz CT molecular complexity index is 1100. The van der Waals surface area contributed by atoms with Crippen molar-refractivity contribution in [2.45, 2.75) is 38.6 Å². The van der Waals surface area contributed by atoms with E-state index in [4.69, 9.17) is 11.6 Å². The first kappa shape index (κ1) is 21.4. The molecule has 1 amide bonds. The first-order valence-corrected chi connectivity index (χ1v) is 10.4. The molecule has 1 saturated carbocycles. The molecule has 1 aromatic carbocycles. The van der Waals surface area contributed by atoms with Gasteiger partial charge in [-0.3, -0.25) is 4.79 Å². The molecule has 4 rings (SSSR count). The lowest BCUT2D eigenvalue weighted by atomic mass is 9.86. The maximum absolute atomic E-state index is 14.3. The van der Waals surface area contributed by atoms with Crippen molar-refractivity contribution in [2.24, 2.45) is 5.92 Å². The lowest BCUT2D eigenvalue weighted by Gasteiger charge is -2.29. The van der Waals surface area contributed by atoms with Gasteiger partial charge in [-0.25, -0.2) is 18.2 Å². The molecular formula is C21H21ClF3N5O. The minimum Gasteiger partial charge on any atom is -0.368 e. The zero-order valence-electron chi connectivity index (χ0n) is 16.8. The fourth-order valence-corrected chi connectivity index (χ4v) is 4.17. The van der Waals surface area contributed by atoms with Crippen molar-refractivity contribution in [3.63, 3.8) is 0 Å². The Morgan fingerprint density at radius 2 is 1.94 bits per heavy atom. The molecule has 1 aliphatic carbocycles. The number of hydrogen-bond donors (Lipinski definition) is 2. The van der Waals surface area contributed by atoms with Gasteiger partial charge in [0.2, 0.25) is 0 Å². The third-order valence-corrected chi connectivity index (χ3v) is 6.10. The van der Waals surface area contributed by atoms with Gasteiger partial charge in [-0.2, -0.15) is 9.61 Å². The predicted molar refractivity (Wildman–Crippen MR) is 111 cm³/mol. The number of benzene rings is 1. The minimum absolute atomic E-state index is 0.190. The Labute approximate surface area is 181 Å².